The number of carbonyl (C=O) groups is 1. The Balaban J connectivity index is 1.80. The molecule has 3 aromatic rings. The van der Waals surface area contributed by atoms with Gasteiger partial charge >= 0.3 is 0 Å². The van der Waals surface area contributed by atoms with E-state index in [1.165, 1.54) is 24.3 Å². The van der Waals surface area contributed by atoms with E-state index in [2.05, 4.69) is 10.4 Å². The molecule has 0 aliphatic heterocycles. The summed E-state index contributed by atoms with van der Waals surface area (Å²) in [7, 11) is 0. The highest BCUT2D eigenvalue weighted by Crippen LogP contribution is 2.34. The topological polar surface area (TPSA) is 99.3 Å². The third kappa shape index (κ3) is 5.51. The quantitative estimate of drug-likeness (QED) is 0.299. The number of non-ortho nitro benzene ring substituents is 1. The molecule has 1 unspecified atom stereocenters. The minimum absolute atomic E-state index is 0.136. The van der Waals surface area contributed by atoms with Gasteiger partial charge in [-0.2, -0.15) is 5.10 Å². The molecule has 168 valence electrons. The van der Waals surface area contributed by atoms with Crippen molar-refractivity contribution in [2.45, 2.75) is 27.3 Å². The molecule has 0 radical (unpaired) electrons. The maximum absolute atomic E-state index is 12.7. The molecular formula is C21H19Cl3N4O4. The van der Waals surface area contributed by atoms with Crippen LogP contribution in [0.2, 0.25) is 15.1 Å². The standard InChI is InChI=1S/C21H19Cl3N4O4/c1-11(10-27-13(3)20(24)12(2)26-27)21(29)25-15-7-16(28(30)31)9-17(8-15)32-19-5-4-14(22)6-18(19)23/h4-9,11H,10H2,1-3H3,(H,25,29). The molecule has 1 N–H and O–H groups in total. The molecule has 0 spiro atoms. The first-order chi connectivity index (χ1) is 15.0. The highest BCUT2D eigenvalue weighted by molar-refractivity contribution is 6.35. The van der Waals surface area contributed by atoms with Crippen molar-refractivity contribution >= 4 is 52.1 Å². The van der Waals surface area contributed by atoms with E-state index in [0.717, 1.165) is 5.69 Å². The second kappa shape index (κ2) is 9.77. The fourth-order valence-electron chi connectivity index (χ4n) is 2.97. The lowest BCUT2D eigenvalue weighted by molar-refractivity contribution is -0.384. The van der Waals surface area contributed by atoms with Crippen molar-refractivity contribution in [1.82, 2.24) is 9.78 Å². The molecule has 1 aromatic heterocycles. The van der Waals surface area contributed by atoms with Gasteiger partial charge in [0.2, 0.25) is 5.91 Å². The predicted molar refractivity (Wildman–Crippen MR) is 124 cm³/mol. The first-order valence-electron chi connectivity index (χ1n) is 9.48. The molecule has 0 saturated heterocycles. The molecule has 0 bridgehead atoms. The van der Waals surface area contributed by atoms with E-state index in [4.69, 9.17) is 39.5 Å². The van der Waals surface area contributed by atoms with Crippen molar-refractivity contribution in [3.8, 4) is 11.5 Å². The van der Waals surface area contributed by atoms with Gasteiger partial charge in [-0.3, -0.25) is 19.6 Å². The minimum atomic E-state index is -0.576. The van der Waals surface area contributed by atoms with E-state index in [9.17, 15) is 14.9 Å². The van der Waals surface area contributed by atoms with Crippen LogP contribution in [-0.2, 0) is 11.3 Å². The highest BCUT2D eigenvalue weighted by atomic mass is 35.5. The van der Waals surface area contributed by atoms with Crippen LogP contribution in [0.15, 0.2) is 36.4 Å². The molecule has 1 amide bonds. The van der Waals surface area contributed by atoms with Gasteiger partial charge < -0.3 is 10.1 Å². The van der Waals surface area contributed by atoms with Gasteiger partial charge in [0.15, 0.2) is 0 Å². The first kappa shape index (κ1) is 23.8. The third-order valence-corrected chi connectivity index (χ3v) is 5.76. The number of carbonyl (C=O) groups excluding carboxylic acids is 1. The van der Waals surface area contributed by atoms with Crippen LogP contribution in [0, 0.1) is 29.9 Å². The van der Waals surface area contributed by atoms with Crippen LogP contribution in [0.4, 0.5) is 11.4 Å². The number of nitrogens with one attached hydrogen (secondary N) is 1. The Morgan fingerprint density at radius 2 is 1.94 bits per heavy atom. The fourth-order valence-corrected chi connectivity index (χ4v) is 3.55. The largest absolute Gasteiger partial charge is 0.455 e. The number of anilines is 1. The molecule has 1 heterocycles. The summed E-state index contributed by atoms with van der Waals surface area (Å²) < 4.78 is 7.35. The van der Waals surface area contributed by atoms with Gasteiger partial charge in [-0.1, -0.05) is 41.7 Å². The Kier molecular flexibility index (Phi) is 7.28. The fraction of sp³-hybridized carbons (Fsp3) is 0.238. The molecule has 0 fully saturated rings. The van der Waals surface area contributed by atoms with Crippen molar-refractivity contribution in [3.63, 3.8) is 0 Å². The monoisotopic (exact) mass is 496 g/mol. The van der Waals surface area contributed by atoms with Crippen LogP contribution in [0.3, 0.4) is 0 Å². The maximum atomic E-state index is 12.7. The average Bonchev–Trinajstić information content (AvgIpc) is 2.96. The van der Waals surface area contributed by atoms with Crippen LogP contribution >= 0.6 is 34.8 Å². The number of nitro benzene ring substituents is 1. The second-order valence-electron chi connectivity index (χ2n) is 7.21. The SMILES string of the molecule is Cc1nn(CC(C)C(=O)Nc2cc(Oc3ccc(Cl)cc3Cl)cc([N+](=O)[O-])c2)c(C)c1Cl. The Morgan fingerprint density at radius 1 is 1.22 bits per heavy atom. The van der Waals surface area contributed by atoms with E-state index in [1.807, 2.05) is 6.92 Å². The number of hydrogen-bond donors (Lipinski definition) is 1. The Hall–Kier alpha value is -2.81. The van der Waals surface area contributed by atoms with E-state index in [0.29, 0.717) is 22.3 Å². The van der Waals surface area contributed by atoms with Gasteiger partial charge in [0, 0.05) is 17.2 Å². The number of rotatable bonds is 7. The lowest BCUT2D eigenvalue weighted by atomic mass is 10.1. The minimum Gasteiger partial charge on any atom is -0.455 e. The van der Waals surface area contributed by atoms with E-state index < -0.39 is 10.8 Å². The van der Waals surface area contributed by atoms with Crippen molar-refractivity contribution < 1.29 is 14.5 Å². The van der Waals surface area contributed by atoms with E-state index in [1.54, 1.807) is 30.7 Å². The highest BCUT2D eigenvalue weighted by Gasteiger charge is 2.19. The molecule has 32 heavy (non-hydrogen) atoms. The Morgan fingerprint density at radius 3 is 2.53 bits per heavy atom. The predicted octanol–water partition coefficient (Wildman–Crippen LogP) is 6.44. The number of aromatic nitrogens is 2. The van der Waals surface area contributed by atoms with Crippen molar-refractivity contribution in [2.75, 3.05) is 5.32 Å². The maximum Gasteiger partial charge on any atom is 0.275 e. The molecule has 0 aliphatic rings. The molecule has 0 aliphatic carbocycles. The van der Waals surface area contributed by atoms with E-state index >= 15 is 0 Å². The average molecular weight is 498 g/mol. The third-order valence-electron chi connectivity index (χ3n) is 4.68. The van der Waals surface area contributed by atoms with Gasteiger partial charge in [0.05, 0.1) is 50.6 Å². The lowest BCUT2D eigenvalue weighted by Crippen LogP contribution is -2.25. The zero-order valence-electron chi connectivity index (χ0n) is 17.4. The van der Waals surface area contributed by atoms with Crippen LogP contribution in [-0.4, -0.2) is 20.6 Å². The van der Waals surface area contributed by atoms with E-state index in [-0.39, 0.29) is 33.8 Å². The number of nitro groups is 1. The van der Waals surface area contributed by atoms with Gasteiger partial charge in [-0.05, 0) is 32.0 Å². The summed E-state index contributed by atoms with van der Waals surface area (Å²) in [6.45, 7) is 5.62. The van der Waals surface area contributed by atoms with Gasteiger partial charge in [0.1, 0.15) is 11.5 Å². The zero-order valence-corrected chi connectivity index (χ0v) is 19.6. The number of hydrogen-bond acceptors (Lipinski definition) is 5. The molecule has 1 atom stereocenters. The smallest absolute Gasteiger partial charge is 0.275 e. The molecule has 0 saturated carbocycles. The zero-order chi connectivity index (χ0) is 23.6. The van der Waals surface area contributed by atoms with Gasteiger partial charge in [0.25, 0.3) is 5.69 Å². The van der Waals surface area contributed by atoms with Gasteiger partial charge in [-0.15, -0.1) is 0 Å². The van der Waals surface area contributed by atoms with Crippen LogP contribution in [0.25, 0.3) is 0 Å². The molecular weight excluding hydrogens is 479 g/mol. The summed E-state index contributed by atoms with van der Waals surface area (Å²) >= 11 is 18.2. The lowest BCUT2D eigenvalue weighted by Gasteiger charge is -2.14. The summed E-state index contributed by atoms with van der Waals surface area (Å²) in [5.41, 5.74) is 1.40. The summed E-state index contributed by atoms with van der Waals surface area (Å²) in [6, 6.07) is 8.58. The number of ether oxygens (including phenoxy) is 1. The van der Waals surface area contributed by atoms with Crippen LogP contribution < -0.4 is 10.1 Å². The number of benzene rings is 2. The van der Waals surface area contributed by atoms with Crippen molar-refractivity contribution in [2.24, 2.45) is 5.92 Å². The molecule has 8 nitrogen and oxygen atoms in total. The summed E-state index contributed by atoms with van der Waals surface area (Å²) in [5, 5.41) is 19.6. The molecule has 11 heteroatoms. The summed E-state index contributed by atoms with van der Waals surface area (Å²) in [4.78, 5) is 23.5. The van der Waals surface area contributed by atoms with Crippen LogP contribution in [0.5, 0.6) is 11.5 Å². The number of halogens is 3. The summed E-state index contributed by atoms with van der Waals surface area (Å²) in [5.74, 6) is -0.427. The van der Waals surface area contributed by atoms with Crippen LogP contribution in [0.1, 0.15) is 18.3 Å². The normalized spacial score (nSPS) is 11.8. The number of amides is 1. The number of aryl methyl sites for hydroxylation is 1. The summed E-state index contributed by atoms with van der Waals surface area (Å²) in [6.07, 6.45) is 0. The Bertz CT molecular complexity index is 1200. The van der Waals surface area contributed by atoms with Crippen molar-refractivity contribution in [1.29, 1.82) is 0 Å². The van der Waals surface area contributed by atoms with Crippen molar-refractivity contribution in [3.05, 3.63) is 73.0 Å². The number of nitrogens with zero attached hydrogens (tertiary/aromatic N) is 3. The first-order valence-corrected chi connectivity index (χ1v) is 10.6. The molecule has 2 aromatic carbocycles. The second-order valence-corrected chi connectivity index (χ2v) is 8.43. The Labute approximate surface area is 199 Å². The van der Waals surface area contributed by atoms with Gasteiger partial charge in [-0.25, -0.2) is 0 Å². The molecule has 3 rings (SSSR count).